The van der Waals surface area contributed by atoms with E-state index in [-0.39, 0.29) is 17.6 Å². The summed E-state index contributed by atoms with van der Waals surface area (Å²) < 4.78 is 5.78. The van der Waals surface area contributed by atoms with Gasteiger partial charge in [0.15, 0.2) is 5.69 Å². The Bertz CT molecular complexity index is 719. The van der Waals surface area contributed by atoms with Crippen molar-refractivity contribution in [1.29, 1.82) is 0 Å². The highest BCUT2D eigenvalue weighted by Gasteiger charge is 2.34. The van der Waals surface area contributed by atoms with Crippen molar-refractivity contribution in [2.75, 3.05) is 13.2 Å². The Balaban J connectivity index is 1.78. The number of aryl methyl sites for hydroxylation is 1. The molecule has 1 atom stereocenters. The number of carbonyl (C=O) groups is 1. The number of thiophene rings is 1. The average Bonchev–Trinajstić information content (AvgIpc) is 3.15. The van der Waals surface area contributed by atoms with E-state index in [9.17, 15) is 4.79 Å². The number of aromatic nitrogens is 2. The standard InChI is InChI=1S/C18H25N3O2S/c1-5-21(13-8-9-23-18(3,4)11-13)17(22)15-10-14(19-20-15)16-7-6-12(2)24-16/h6-7,10,13H,5,8-9,11H2,1-4H3,(H,19,20). The van der Waals surface area contributed by atoms with Crippen LogP contribution in [0.3, 0.4) is 0 Å². The lowest BCUT2D eigenvalue weighted by molar-refractivity contribution is -0.0777. The van der Waals surface area contributed by atoms with Gasteiger partial charge in [0.25, 0.3) is 5.91 Å². The van der Waals surface area contributed by atoms with Crippen molar-refractivity contribution in [3.05, 3.63) is 28.8 Å². The summed E-state index contributed by atoms with van der Waals surface area (Å²) in [5.74, 6) is -0.00372. The van der Waals surface area contributed by atoms with Gasteiger partial charge in [0.05, 0.1) is 16.2 Å². The van der Waals surface area contributed by atoms with Crippen molar-refractivity contribution in [1.82, 2.24) is 15.1 Å². The molecule has 3 rings (SSSR count). The Morgan fingerprint density at radius 3 is 2.92 bits per heavy atom. The number of ether oxygens (including phenoxy) is 1. The number of amides is 1. The van der Waals surface area contributed by atoms with Crippen molar-refractivity contribution < 1.29 is 9.53 Å². The molecule has 0 saturated carbocycles. The molecule has 0 bridgehead atoms. The third-order valence-electron chi connectivity index (χ3n) is 4.52. The molecule has 3 heterocycles. The molecule has 5 nitrogen and oxygen atoms in total. The number of carbonyl (C=O) groups excluding carboxylic acids is 1. The van der Waals surface area contributed by atoms with Gasteiger partial charge >= 0.3 is 0 Å². The normalized spacial score (nSPS) is 20.1. The van der Waals surface area contributed by atoms with Crippen LogP contribution in [0.15, 0.2) is 18.2 Å². The van der Waals surface area contributed by atoms with Crippen LogP contribution in [0.25, 0.3) is 10.6 Å². The van der Waals surface area contributed by atoms with Crippen LogP contribution in [0.1, 0.15) is 49.0 Å². The second-order valence-corrected chi connectivity index (χ2v) is 8.21. The fourth-order valence-corrected chi connectivity index (χ4v) is 4.15. The molecule has 1 aliphatic rings. The van der Waals surface area contributed by atoms with Gasteiger partial charge in [-0.1, -0.05) is 0 Å². The maximum Gasteiger partial charge on any atom is 0.274 e. The quantitative estimate of drug-likeness (QED) is 0.913. The van der Waals surface area contributed by atoms with Crippen LogP contribution in [0.2, 0.25) is 0 Å². The summed E-state index contributed by atoms with van der Waals surface area (Å²) in [5, 5.41) is 7.26. The van der Waals surface area contributed by atoms with Gasteiger partial charge in [-0.2, -0.15) is 5.10 Å². The molecule has 130 valence electrons. The van der Waals surface area contributed by atoms with Crippen molar-refractivity contribution in [3.8, 4) is 10.6 Å². The predicted molar refractivity (Wildman–Crippen MR) is 96.4 cm³/mol. The van der Waals surface area contributed by atoms with Crippen LogP contribution in [0, 0.1) is 6.92 Å². The lowest BCUT2D eigenvalue weighted by Crippen LogP contribution is -2.48. The van der Waals surface area contributed by atoms with Crippen molar-refractivity contribution in [2.24, 2.45) is 0 Å². The molecule has 2 aromatic heterocycles. The SMILES string of the molecule is CCN(C(=O)c1cc(-c2ccc(C)s2)[nH]n1)C1CCOC(C)(C)C1. The second-order valence-electron chi connectivity index (χ2n) is 6.92. The first-order valence-electron chi connectivity index (χ1n) is 8.47. The third kappa shape index (κ3) is 3.54. The fourth-order valence-electron chi connectivity index (χ4n) is 3.32. The lowest BCUT2D eigenvalue weighted by Gasteiger charge is -2.40. The van der Waals surface area contributed by atoms with Crippen LogP contribution in [0.5, 0.6) is 0 Å². The first-order chi connectivity index (χ1) is 11.4. The fraction of sp³-hybridized carbons (Fsp3) is 0.556. The Kier molecular flexibility index (Phi) is 4.78. The van der Waals surface area contributed by atoms with Crippen molar-refractivity contribution in [3.63, 3.8) is 0 Å². The molecule has 0 aromatic carbocycles. The van der Waals surface area contributed by atoms with E-state index >= 15 is 0 Å². The number of nitrogens with one attached hydrogen (secondary N) is 1. The maximum atomic E-state index is 12.9. The number of H-pyrrole nitrogens is 1. The molecular weight excluding hydrogens is 322 g/mol. The summed E-state index contributed by atoms with van der Waals surface area (Å²) in [6.07, 6.45) is 1.73. The average molecular weight is 347 g/mol. The Hall–Kier alpha value is -1.66. The lowest BCUT2D eigenvalue weighted by atomic mass is 9.92. The first kappa shape index (κ1) is 17.2. The molecule has 24 heavy (non-hydrogen) atoms. The summed E-state index contributed by atoms with van der Waals surface area (Å²) in [7, 11) is 0. The number of hydrogen-bond donors (Lipinski definition) is 1. The van der Waals surface area contributed by atoms with E-state index in [0.29, 0.717) is 18.8 Å². The third-order valence-corrected chi connectivity index (χ3v) is 5.55. The van der Waals surface area contributed by atoms with Gasteiger partial charge in [0.2, 0.25) is 0 Å². The molecular formula is C18H25N3O2S. The van der Waals surface area contributed by atoms with E-state index in [1.165, 1.54) is 4.88 Å². The monoisotopic (exact) mass is 347 g/mol. The highest BCUT2D eigenvalue weighted by Crippen LogP contribution is 2.29. The summed E-state index contributed by atoms with van der Waals surface area (Å²) in [6, 6.07) is 6.20. The summed E-state index contributed by atoms with van der Waals surface area (Å²) in [5.41, 5.74) is 1.21. The summed E-state index contributed by atoms with van der Waals surface area (Å²) in [6.45, 7) is 9.65. The highest BCUT2D eigenvalue weighted by molar-refractivity contribution is 7.15. The number of hydrogen-bond acceptors (Lipinski definition) is 4. The van der Waals surface area contributed by atoms with Crippen LogP contribution < -0.4 is 0 Å². The zero-order chi connectivity index (χ0) is 17.3. The first-order valence-corrected chi connectivity index (χ1v) is 9.28. The molecule has 0 radical (unpaired) electrons. The second kappa shape index (κ2) is 6.69. The molecule has 0 aliphatic carbocycles. The minimum absolute atomic E-state index is 0.00372. The molecule has 1 unspecified atom stereocenters. The van der Waals surface area contributed by atoms with E-state index in [1.807, 2.05) is 17.9 Å². The van der Waals surface area contributed by atoms with E-state index in [4.69, 9.17) is 4.74 Å². The molecule has 6 heteroatoms. The molecule has 2 aromatic rings. The van der Waals surface area contributed by atoms with Crippen LogP contribution >= 0.6 is 11.3 Å². The molecule has 0 spiro atoms. The number of rotatable bonds is 4. The molecule has 1 saturated heterocycles. The maximum absolute atomic E-state index is 12.9. The number of aromatic amines is 1. The highest BCUT2D eigenvalue weighted by atomic mass is 32.1. The minimum Gasteiger partial charge on any atom is -0.375 e. The molecule has 1 N–H and O–H groups in total. The topological polar surface area (TPSA) is 58.2 Å². The van der Waals surface area contributed by atoms with Gasteiger partial charge in [-0.15, -0.1) is 11.3 Å². The smallest absolute Gasteiger partial charge is 0.274 e. The summed E-state index contributed by atoms with van der Waals surface area (Å²) >= 11 is 1.70. The van der Waals surface area contributed by atoms with E-state index < -0.39 is 0 Å². The van der Waals surface area contributed by atoms with Crippen LogP contribution in [0.4, 0.5) is 0 Å². The van der Waals surface area contributed by atoms with Crippen LogP contribution in [-0.4, -0.2) is 45.8 Å². The van der Waals surface area contributed by atoms with E-state index in [0.717, 1.165) is 23.4 Å². The Morgan fingerprint density at radius 1 is 1.50 bits per heavy atom. The van der Waals surface area contributed by atoms with Gasteiger partial charge in [-0.25, -0.2) is 0 Å². The molecule has 1 fully saturated rings. The van der Waals surface area contributed by atoms with E-state index in [1.54, 1.807) is 11.3 Å². The number of nitrogens with zero attached hydrogens (tertiary/aromatic N) is 2. The Labute approximate surface area is 147 Å². The zero-order valence-corrected chi connectivity index (χ0v) is 15.6. The van der Waals surface area contributed by atoms with Gasteiger partial charge in [0, 0.05) is 24.1 Å². The largest absolute Gasteiger partial charge is 0.375 e. The van der Waals surface area contributed by atoms with Crippen molar-refractivity contribution >= 4 is 17.2 Å². The predicted octanol–water partition coefficient (Wildman–Crippen LogP) is 3.87. The van der Waals surface area contributed by atoms with Gasteiger partial charge in [-0.05, 0) is 58.7 Å². The van der Waals surface area contributed by atoms with Gasteiger partial charge in [-0.3, -0.25) is 9.89 Å². The minimum atomic E-state index is -0.179. The zero-order valence-electron chi connectivity index (χ0n) is 14.8. The van der Waals surface area contributed by atoms with Crippen molar-refractivity contribution in [2.45, 2.75) is 52.2 Å². The Morgan fingerprint density at radius 2 is 2.29 bits per heavy atom. The van der Waals surface area contributed by atoms with Gasteiger partial charge in [0.1, 0.15) is 0 Å². The molecule has 1 aliphatic heterocycles. The van der Waals surface area contributed by atoms with Crippen LogP contribution in [-0.2, 0) is 4.74 Å². The summed E-state index contributed by atoms with van der Waals surface area (Å²) in [4.78, 5) is 17.2. The molecule has 1 amide bonds. The van der Waals surface area contributed by atoms with E-state index in [2.05, 4.69) is 43.1 Å². The van der Waals surface area contributed by atoms with Gasteiger partial charge < -0.3 is 9.64 Å².